The Hall–Kier alpha value is -2.98. The van der Waals surface area contributed by atoms with Crippen molar-refractivity contribution < 1.29 is 14.3 Å². The Morgan fingerprint density at radius 2 is 1.71 bits per heavy atom. The molecule has 0 aromatic heterocycles. The second-order valence-corrected chi connectivity index (χ2v) is 6.70. The third-order valence-electron chi connectivity index (χ3n) is 4.20. The average molecular weight is 396 g/mol. The number of nitrogens with one attached hydrogen (secondary N) is 1. The number of hydrogen-bond acceptors (Lipinski definition) is 3. The van der Waals surface area contributed by atoms with Crippen molar-refractivity contribution in [1.29, 1.82) is 0 Å². The summed E-state index contributed by atoms with van der Waals surface area (Å²) in [5, 5.41) is 3.36. The van der Waals surface area contributed by atoms with E-state index < -0.39 is 6.10 Å². The van der Waals surface area contributed by atoms with E-state index in [0.29, 0.717) is 28.0 Å². The van der Waals surface area contributed by atoms with Crippen molar-refractivity contribution in [1.82, 2.24) is 0 Å². The normalized spacial score (nSPS) is 11.5. The Labute approximate surface area is 170 Å². The van der Waals surface area contributed by atoms with E-state index in [2.05, 4.69) is 5.32 Å². The third-order valence-corrected chi connectivity index (χ3v) is 4.43. The van der Waals surface area contributed by atoms with Gasteiger partial charge in [-0.05, 0) is 55.3 Å². The second-order valence-electron chi connectivity index (χ2n) is 6.27. The van der Waals surface area contributed by atoms with Crippen LogP contribution in [-0.2, 0) is 11.2 Å². The first-order valence-electron chi connectivity index (χ1n) is 9.14. The molecule has 3 aromatic rings. The van der Waals surface area contributed by atoms with Gasteiger partial charge in [0.1, 0.15) is 11.5 Å². The van der Waals surface area contributed by atoms with E-state index >= 15 is 0 Å². The summed E-state index contributed by atoms with van der Waals surface area (Å²) in [4.78, 5) is 12.7. The number of amides is 1. The SMILES string of the molecule is CCc1ccccc1O[C@H](C)C(=O)Nc1cc(Cl)ccc1Oc1ccccc1. The number of benzene rings is 3. The monoisotopic (exact) mass is 395 g/mol. The molecule has 3 aromatic carbocycles. The Kier molecular flexibility index (Phi) is 6.56. The number of aryl methyl sites for hydroxylation is 1. The van der Waals surface area contributed by atoms with Crippen molar-refractivity contribution >= 4 is 23.2 Å². The van der Waals surface area contributed by atoms with Crippen LogP contribution in [0.1, 0.15) is 19.4 Å². The number of carbonyl (C=O) groups excluding carboxylic acids is 1. The molecule has 0 aliphatic carbocycles. The van der Waals surface area contributed by atoms with Crippen molar-refractivity contribution in [3.8, 4) is 17.2 Å². The minimum atomic E-state index is -0.684. The fraction of sp³-hybridized carbons (Fsp3) is 0.174. The lowest BCUT2D eigenvalue weighted by Gasteiger charge is -2.18. The molecule has 0 unspecified atom stereocenters. The van der Waals surface area contributed by atoms with Gasteiger partial charge in [-0.2, -0.15) is 0 Å². The van der Waals surface area contributed by atoms with E-state index in [-0.39, 0.29) is 5.91 Å². The first kappa shape index (κ1) is 19.8. The number of halogens is 1. The number of hydrogen-bond donors (Lipinski definition) is 1. The maximum atomic E-state index is 12.7. The van der Waals surface area contributed by atoms with Gasteiger partial charge < -0.3 is 14.8 Å². The van der Waals surface area contributed by atoms with Crippen LogP contribution in [0.4, 0.5) is 5.69 Å². The lowest BCUT2D eigenvalue weighted by atomic mass is 10.1. The van der Waals surface area contributed by atoms with Gasteiger partial charge in [-0.1, -0.05) is 54.9 Å². The molecule has 0 bridgehead atoms. The molecule has 1 atom stereocenters. The van der Waals surface area contributed by atoms with E-state index in [1.165, 1.54) is 0 Å². The zero-order chi connectivity index (χ0) is 19.9. The smallest absolute Gasteiger partial charge is 0.265 e. The lowest BCUT2D eigenvalue weighted by Crippen LogP contribution is -2.30. The van der Waals surface area contributed by atoms with Crippen molar-refractivity contribution in [2.24, 2.45) is 0 Å². The highest BCUT2D eigenvalue weighted by molar-refractivity contribution is 6.31. The van der Waals surface area contributed by atoms with Gasteiger partial charge in [0.15, 0.2) is 11.9 Å². The van der Waals surface area contributed by atoms with Crippen LogP contribution in [0, 0.1) is 0 Å². The molecule has 3 rings (SSSR count). The zero-order valence-corrected chi connectivity index (χ0v) is 16.6. The molecule has 0 aliphatic heterocycles. The molecular weight excluding hydrogens is 374 g/mol. The van der Waals surface area contributed by atoms with Crippen molar-refractivity contribution in [2.45, 2.75) is 26.4 Å². The minimum Gasteiger partial charge on any atom is -0.481 e. The van der Waals surface area contributed by atoms with Crippen LogP contribution < -0.4 is 14.8 Å². The summed E-state index contributed by atoms with van der Waals surface area (Å²) in [7, 11) is 0. The predicted octanol–water partition coefficient (Wildman–Crippen LogP) is 6.10. The molecule has 0 fully saturated rings. The molecular formula is C23H22ClNO3. The van der Waals surface area contributed by atoms with Crippen LogP contribution in [0.25, 0.3) is 0 Å². The molecule has 5 heteroatoms. The Bertz CT molecular complexity index is 944. The fourth-order valence-corrected chi connectivity index (χ4v) is 2.87. The van der Waals surface area contributed by atoms with Crippen LogP contribution in [0.15, 0.2) is 72.8 Å². The van der Waals surface area contributed by atoms with Crippen LogP contribution >= 0.6 is 11.6 Å². The van der Waals surface area contributed by atoms with Gasteiger partial charge in [0, 0.05) is 5.02 Å². The molecule has 0 saturated heterocycles. The largest absolute Gasteiger partial charge is 0.481 e. The van der Waals surface area contributed by atoms with Crippen LogP contribution in [0.2, 0.25) is 5.02 Å². The Balaban J connectivity index is 1.75. The molecule has 144 valence electrons. The maximum Gasteiger partial charge on any atom is 0.265 e. The van der Waals surface area contributed by atoms with E-state index in [0.717, 1.165) is 12.0 Å². The second kappa shape index (κ2) is 9.29. The standard InChI is InChI=1S/C23H22ClNO3/c1-3-17-9-7-8-12-21(17)27-16(2)23(26)25-20-15-18(24)13-14-22(20)28-19-10-5-4-6-11-19/h4-16H,3H2,1-2H3,(H,25,26)/t16-/m1/s1. The van der Waals surface area contributed by atoms with Gasteiger partial charge in [0.05, 0.1) is 5.69 Å². The Morgan fingerprint density at radius 3 is 2.46 bits per heavy atom. The molecule has 0 saturated carbocycles. The minimum absolute atomic E-state index is 0.286. The first-order valence-corrected chi connectivity index (χ1v) is 9.52. The number of anilines is 1. The predicted molar refractivity (Wildman–Crippen MR) is 113 cm³/mol. The molecule has 1 amide bonds. The Morgan fingerprint density at radius 1 is 1.00 bits per heavy atom. The number of rotatable bonds is 7. The highest BCUT2D eigenvalue weighted by atomic mass is 35.5. The van der Waals surface area contributed by atoms with E-state index in [1.54, 1.807) is 25.1 Å². The van der Waals surface area contributed by atoms with Crippen LogP contribution in [-0.4, -0.2) is 12.0 Å². The first-order chi connectivity index (χ1) is 13.6. The summed E-state index contributed by atoms with van der Waals surface area (Å²) in [6.45, 7) is 3.76. The average Bonchev–Trinajstić information content (AvgIpc) is 2.71. The topological polar surface area (TPSA) is 47.6 Å². The van der Waals surface area contributed by atoms with Gasteiger partial charge in [0.2, 0.25) is 0 Å². The van der Waals surface area contributed by atoms with Gasteiger partial charge in [-0.3, -0.25) is 4.79 Å². The fourth-order valence-electron chi connectivity index (χ4n) is 2.69. The summed E-state index contributed by atoms with van der Waals surface area (Å²) in [6, 6.07) is 22.1. The molecule has 1 N–H and O–H groups in total. The number of para-hydroxylation sites is 2. The van der Waals surface area contributed by atoms with E-state index in [4.69, 9.17) is 21.1 Å². The van der Waals surface area contributed by atoms with Gasteiger partial charge in [0.25, 0.3) is 5.91 Å². The van der Waals surface area contributed by atoms with E-state index in [9.17, 15) is 4.79 Å². The molecule has 0 spiro atoms. The summed E-state index contributed by atoms with van der Waals surface area (Å²) >= 11 is 6.11. The molecule has 0 radical (unpaired) electrons. The summed E-state index contributed by atoms with van der Waals surface area (Å²) < 4.78 is 11.8. The van der Waals surface area contributed by atoms with Gasteiger partial charge in [-0.15, -0.1) is 0 Å². The number of carbonyl (C=O) groups is 1. The molecule has 28 heavy (non-hydrogen) atoms. The van der Waals surface area contributed by atoms with E-state index in [1.807, 2.05) is 61.5 Å². The third kappa shape index (κ3) is 5.05. The molecule has 0 aliphatic rings. The quantitative estimate of drug-likeness (QED) is 0.525. The van der Waals surface area contributed by atoms with Crippen LogP contribution in [0.3, 0.4) is 0 Å². The molecule has 0 heterocycles. The van der Waals surface area contributed by atoms with Gasteiger partial charge >= 0.3 is 0 Å². The highest BCUT2D eigenvalue weighted by Gasteiger charge is 2.18. The lowest BCUT2D eigenvalue weighted by molar-refractivity contribution is -0.122. The van der Waals surface area contributed by atoms with Crippen molar-refractivity contribution in [3.63, 3.8) is 0 Å². The molecule has 4 nitrogen and oxygen atoms in total. The number of ether oxygens (including phenoxy) is 2. The zero-order valence-electron chi connectivity index (χ0n) is 15.8. The van der Waals surface area contributed by atoms with Crippen molar-refractivity contribution in [3.05, 3.63) is 83.4 Å². The summed E-state index contributed by atoms with van der Waals surface area (Å²) in [5.41, 5.74) is 1.54. The summed E-state index contributed by atoms with van der Waals surface area (Å²) in [6.07, 6.45) is 0.143. The highest BCUT2D eigenvalue weighted by Crippen LogP contribution is 2.32. The van der Waals surface area contributed by atoms with Gasteiger partial charge in [-0.25, -0.2) is 0 Å². The maximum absolute atomic E-state index is 12.7. The van der Waals surface area contributed by atoms with Crippen molar-refractivity contribution in [2.75, 3.05) is 5.32 Å². The summed E-state index contributed by atoms with van der Waals surface area (Å²) in [5.74, 6) is 1.59. The van der Waals surface area contributed by atoms with Crippen LogP contribution in [0.5, 0.6) is 17.2 Å².